The minimum Gasteiger partial charge on any atom is -0.337 e. The normalized spacial score (nSPS) is 12.2. The molecule has 17 heavy (non-hydrogen) atoms. The number of urea groups is 1. The van der Waals surface area contributed by atoms with E-state index in [-0.39, 0.29) is 12.1 Å². The standard InChI is InChI=1S/C13H19ClN2O/c1-10(2)12(11-6-4-3-5-7-11)16-13(17)15-9-8-14/h3-7,10,12H,8-9H2,1-2H3,(H2,15,16,17)/t12-/m1/s1. The number of amides is 2. The quantitative estimate of drug-likeness (QED) is 0.780. The Kier molecular flexibility index (Phi) is 5.84. The summed E-state index contributed by atoms with van der Waals surface area (Å²) in [5.74, 6) is 0.754. The predicted molar refractivity (Wildman–Crippen MR) is 71.3 cm³/mol. The number of halogens is 1. The van der Waals surface area contributed by atoms with E-state index in [4.69, 9.17) is 11.6 Å². The van der Waals surface area contributed by atoms with Crippen LogP contribution in [0.1, 0.15) is 25.5 Å². The third-order valence-electron chi connectivity index (χ3n) is 2.49. The van der Waals surface area contributed by atoms with Crippen molar-refractivity contribution in [2.24, 2.45) is 5.92 Å². The predicted octanol–water partition coefficient (Wildman–Crippen LogP) is 2.92. The van der Waals surface area contributed by atoms with E-state index in [9.17, 15) is 4.79 Å². The summed E-state index contributed by atoms with van der Waals surface area (Å²) in [4.78, 5) is 11.6. The summed E-state index contributed by atoms with van der Waals surface area (Å²) in [6.07, 6.45) is 0. The average Bonchev–Trinajstić information content (AvgIpc) is 2.34. The van der Waals surface area contributed by atoms with Crippen LogP contribution in [0.5, 0.6) is 0 Å². The first-order chi connectivity index (χ1) is 8.15. The molecular formula is C13H19ClN2O. The van der Waals surface area contributed by atoms with E-state index >= 15 is 0 Å². The van der Waals surface area contributed by atoms with Crippen LogP contribution < -0.4 is 10.6 Å². The van der Waals surface area contributed by atoms with Crippen molar-refractivity contribution < 1.29 is 4.79 Å². The largest absolute Gasteiger partial charge is 0.337 e. The van der Waals surface area contributed by atoms with E-state index in [0.717, 1.165) is 5.56 Å². The van der Waals surface area contributed by atoms with Gasteiger partial charge in [-0.05, 0) is 11.5 Å². The molecule has 0 bridgehead atoms. The molecule has 2 N–H and O–H groups in total. The molecule has 1 rings (SSSR count). The van der Waals surface area contributed by atoms with Crippen molar-refractivity contribution in [2.45, 2.75) is 19.9 Å². The molecule has 0 aromatic heterocycles. The number of hydrogen-bond donors (Lipinski definition) is 2. The highest BCUT2D eigenvalue weighted by Crippen LogP contribution is 2.20. The Bertz CT molecular complexity index is 341. The van der Waals surface area contributed by atoms with Crippen LogP contribution in [0.25, 0.3) is 0 Å². The third kappa shape index (κ3) is 4.65. The first-order valence-corrected chi connectivity index (χ1v) is 6.34. The van der Waals surface area contributed by atoms with E-state index in [1.807, 2.05) is 30.3 Å². The smallest absolute Gasteiger partial charge is 0.315 e. The molecule has 0 saturated heterocycles. The number of nitrogens with one attached hydrogen (secondary N) is 2. The summed E-state index contributed by atoms with van der Waals surface area (Å²) >= 11 is 5.52. The molecule has 3 nitrogen and oxygen atoms in total. The van der Waals surface area contributed by atoms with Crippen molar-refractivity contribution in [3.05, 3.63) is 35.9 Å². The lowest BCUT2D eigenvalue weighted by molar-refractivity contribution is 0.233. The molecule has 0 fully saturated rings. The van der Waals surface area contributed by atoms with Gasteiger partial charge in [0, 0.05) is 12.4 Å². The molecule has 1 aromatic carbocycles. The number of rotatable bonds is 5. The van der Waals surface area contributed by atoms with Crippen molar-refractivity contribution in [3.8, 4) is 0 Å². The van der Waals surface area contributed by atoms with Crippen LogP contribution in [0.3, 0.4) is 0 Å². The summed E-state index contributed by atoms with van der Waals surface area (Å²) in [6, 6.07) is 9.80. The van der Waals surface area contributed by atoms with Crippen LogP contribution in [0.4, 0.5) is 4.79 Å². The monoisotopic (exact) mass is 254 g/mol. The van der Waals surface area contributed by atoms with Gasteiger partial charge in [-0.1, -0.05) is 44.2 Å². The van der Waals surface area contributed by atoms with Gasteiger partial charge >= 0.3 is 6.03 Å². The second kappa shape index (κ2) is 7.17. The van der Waals surface area contributed by atoms with Gasteiger partial charge in [-0.15, -0.1) is 11.6 Å². The number of hydrogen-bond acceptors (Lipinski definition) is 1. The molecule has 1 aromatic rings. The Balaban J connectivity index is 2.65. The zero-order valence-corrected chi connectivity index (χ0v) is 11.0. The van der Waals surface area contributed by atoms with Gasteiger partial charge in [-0.2, -0.15) is 0 Å². The summed E-state index contributed by atoms with van der Waals surface area (Å²) in [6.45, 7) is 4.64. The lowest BCUT2D eigenvalue weighted by Gasteiger charge is -2.23. The van der Waals surface area contributed by atoms with E-state index in [2.05, 4.69) is 24.5 Å². The SMILES string of the molecule is CC(C)[C@@H](NC(=O)NCCCl)c1ccccc1. The Labute approximate surface area is 108 Å². The topological polar surface area (TPSA) is 41.1 Å². The van der Waals surface area contributed by atoms with E-state index < -0.39 is 0 Å². The Hall–Kier alpha value is -1.22. The molecule has 94 valence electrons. The highest BCUT2D eigenvalue weighted by Gasteiger charge is 2.17. The second-order valence-electron chi connectivity index (χ2n) is 4.22. The van der Waals surface area contributed by atoms with Crippen LogP contribution in [-0.2, 0) is 0 Å². The zero-order valence-electron chi connectivity index (χ0n) is 10.2. The van der Waals surface area contributed by atoms with Gasteiger partial charge in [0.2, 0.25) is 0 Å². The van der Waals surface area contributed by atoms with Gasteiger partial charge in [-0.3, -0.25) is 0 Å². The van der Waals surface area contributed by atoms with Gasteiger partial charge < -0.3 is 10.6 Å². The Morgan fingerprint density at radius 3 is 2.47 bits per heavy atom. The van der Waals surface area contributed by atoms with Crippen LogP contribution in [0, 0.1) is 5.92 Å². The number of carbonyl (C=O) groups excluding carboxylic acids is 1. The van der Waals surface area contributed by atoms with Crippen LogP contribution in [0.2, 0.25) is 0 Å². The van der Waals surface area contributed by atoms with Gasteiger partial charge in [0.1, 0.15) is 0 Å². The Morgan fingerprint density at radius 2 is 1.94 bits per heavy atom. The maximum Gasteiger partial charge on any atom is 0.315 e. The maximum absolute atomic E-state index is 11.6. The maximum atomic E-state index is 11.6. The zero-order chi connectivity index (χ0) is 12.7. The molecule has 0 radical (unpaired) electrons. The third-order valence-corrected chi connectivity index (χ3v) is 2.68. The number of carbonyl (C=O) groups is 1. The van der Waals surface area contributed by atoms with Crippen molar-refractivity contribution >= 4 is 17.6 Å². The summed E-state index contributed by atoms with van der Waals surface area (Å²) in [7, 11) is 0. The molecule has 1 atom stereocenters. The first kappa shape index (κ1) is 13.8. The molecule has 0 aliphatic carbocycles. The summed E-state index contributed by atoms with van der Waals surface area (Å²) < 4.78 is 0. The van der Waals surface area contributed by atoms with E-state index in [0.29, 0.717) is 18.3 Å². The van der Waals surface area contributed by atoms with Gasteiger partial charge in [0.05, 0.1) is 6.04 Å². The van der Waals surface area contributed by atoms with Crippen molar-refractivity contribution in [1.82, 2.24) is 10.6 Å². The molecule has 4 heteroatoms. The fourth-order valence-electron chi connectivity index (χ4n) is 1.65. The average molecular weight is 255 g/mol. The lowest BCUT2D eigenvalue weighted by Crippen LogP contribution is -2.40. The van der Waals surface area contributed by atoms with Gasteiger partial charge in [0.25, 0.3) is 0 Å². The second-order valence-corrected chi connectivity index (χ2v) is 4.60. The summed E-state index contributed by atoms with van der Waals surface area (Å²) in [5.41, 5.74) is 1.11. The summed E-state index contributed by atoms with van der Waals surface area (Å²) in [5, 5.41) is 5.66. The van der Waals surface area contributed by atoms with Crippen LogP contribution in [-0.4, -0.2) is 18.5 Å². The Morgan fingerprint density at radius 1 is 1.29 bits per heavy atom. The minimum absolute atomic E-state index is 0.0199. The highest BCUT2D eigenvalue weighted by molar-refractivity contribution is 6.18. The fourth-order valence-corrected chi connectivity index (χ4v) is 1.74. The number of alkyl halides is 1. The molecular weight excluding hydrogens is 236 g/mol. The van der Waals surface area contributed by atoms with Crippen molar-refractivity contribution in [1.29, 1.82) is 0 Å². The van der Waals surface area contributed by atoms with Crippen LogP contribution >= 0.6 is 11.6 Å². The first-order valence-electron chi connectivity index (χ1n) is 5.80. The fraction of sp³-hybridized carbons (Fsp3) is 0.462. The van der Waals surface area contributed by atoms with Crippen molar-refractivity contribution in [3.63, 3.8) is 0 Å². The van der Waals surface area contributed by atoms with Crippen LogP contribution in [0.15, 0.2) is 30.3 Å². The van der Waals surface area contributed by atoms with E-state index in [1.165, 1.54) is 0 Å². The molecule has 2 amide bonds. The minimum atomic E-state index is -0.173. The molecule has 0 saturated carbocycles. The van der Waals surface area contributed by atoms with Gasteiger partial charge in [-0.25, -0.2) is 4.79 Å². The van der Waals surface area contributed by atoms with Crippen molar-refractivity contribution in [2.75, 3.05) is 12.4 Å². The van der Waals surface area contributed by atoms with Gasteiger partial charge in [0.15, 0.2) is 0 Å². The van der Waals surface area contributed by atoms with E-state index in [1.54, 1.807) is 0 Å². The highest BCUT2D eigenvalue weighted by atomic mass is 35.5. The molecule has 0 unspecified atom stereocenters. The molecule has 0 aliphatic rings. The molecule has 0 spiro atoms. The lowest BCUT2D eigenvalue weighted by atomic mass is 9.96. The molecule has 0 aliphatic heterocycles. The number of benzene rings is 1. The molecule has 0 heterocycles.